The second-order valence-electron chi connectivity index (χ2n) is 5.59. The van der Waals surface area contributed by atoms with Crippen molar-refractivity contribution in [3.8, 4) is 11.5 Å². The van der Waals surface area contributed by atoms with Gasteiger partial charge in [0.05, 0.1) is 25.2 Å². The molecule has 0 atom stereocenters. The lowest BCUT2D eigenvalue weighted by Crippen LogP contribution is -2.34. The van der Waals surface area contributed by atoms with Crippen molar-refractivity contribution < 1.29 is 14.3 Å². The largest absolute Gasteiger partial charge is 0.493 e. The van der Waals surface area contributed by atoms with Crippen molar-refractivity contribution in [2.75, 3.05) is 32.5 Å². The van der Waals surface area contributed by atoms with Crippen molar-refractivity contribution in [3.63, 3.8) is 0 Å². The van der Waals surface area contributed by atoms with Gasteiger partial charge in [0.15, 0.2) is 18.1 Å². The van der Waals surface area contributed by atoms with Gasteiger partial charge in [-0.25, -0.2) is 9.66 Å². The van der Waals surface area contributed by atoms with Crippen LogP contribution in [0.4, 0.5) is 5.95 Å². The Balaban J connectivity index is 2.09. The highest BCUT2D eigenvalue weighted by Gasteiger charge is 2.12. The average molecular weight is 359 g/mol. The number of nitrogen functional groups attached to an aromatic ring is 1. The smallest absolute Gasteiger partial charge is 0.260 e. The van der Waals surface area contributed by atoms with E-state index in [9.17, 15) is 4.79 Å². The number of benzene rings is 1. The lowest BCUT2D eigenvalue weighted by Gasteiger charge is -2.19. The first-order valence-electron chi connectivity index (χ1n) is 8.42. The van der Waals surface area contributed by atoms with E-state index in [4.69, 9.17) is 15.2 Å². The molecule has 1 heterocycles. The van der Waals surface area contributed by atoms with Crippen LogP contribution in [0, 0.1) is 6.92 Å². The fourth-order valence-electron chi connectivity index (χ4n) is 2.42. The molecule has 1 aromatic carbocycles. The molecule has 2 aromatic rings. The van der Waals surface area contributed by atoms with Gasteiger partial charge >= 0.3 is 0 Å². The van der Waals surface area contributed by atoms with Crippen LogP contribution in [0.15, 0.2) is 29.5 Å². The van der Waals surface area contributed by atoms with Crippen LogP contribution in [0.3, 0.4) is 0 Å². The second kappa shape index (κ2) is 8.89. The van der Waals surface area contributed by atoms with Crippen molar-refractivity contribution >= 4 is 18.1 Å². The zero-order chi connectivity index (χ0) is 19.1. The molecule has 0 saturated heterocycles. The lowest BCUT2D eigenvalue weighted by atomic mass is 10.2. The minimum absolute atomic E-state index is 0.0314. The second-order valence-corrected chi connectivity index (χ2v) is 5.59. The predicted octanol–water partition coefficient (Wildman–Crippen LogP) is 1.91. The molecule has 0 radical (unpaired) electrons. The Morgan fingerprint density at radius 3 is 2.65 bits per heavy atom. The SMILES string of the molecule is CCN(CC)C(=O)COc1ccc(C=Nn2cc(C)nc2N)cc1OC. The van der Waals surface area contributed by atoms with Gasteiger partial charge in [-0.1, -0.05) is 0 Å². The van der Waals surface area contributed by atoms with Gasteiger partial charge in [0, 0.05) is 13.1 Å². The first kappa shape index (κ1) is 19.3. The van der Waals surface area contributed by atoms with Crippen LogP contribution in [-0.2, 0) is 4.79 Å². The summed E-state index contributed by atoms with van der Waals surface area (Å²) in [5, 5.41) is 4.27. The standard InChI is InChI=1S/C18H25N5O3/c1-5-22(6-2)17(24)12-26-15-8-7-14(9-16(15)25-4)10-20-23-11-13(3)21-18(23)19/h7-11H,5-6,12H2,1-4H3,(H2,19,21). The lowest BCUT2D eigenvalue weighted by molar-refractivity contribution is -0.132. The summed E-state index contributed by atoms with van der Waals surface area (Å²) < 4.78 is 12.5. The molecule has 0 aliphatic rings. The van der Waals surface area contributed by atoms with Gasteiger partial charge in [0.1, 0.15) is 0 Å². The van der Waals surface area contributed by atoms with Crippen LogP contribution in [-0.4, -0.2) is 53.5 Å². The number of amides is 1. The molecular formula is C18H25N5O3. The molecule has 0 spiro atoms. The number of methoxy groups -OCH3 is 1. The zero-order valence-electron chi connectivity index (χ0n) is 15.6. The Hall–Kier alpha value is -3.03. The predicted molar refractivity (Wildman–Crippen MR) is 101 cm³/mol. The maximum atomic E-state index is 12.1. The fraction of sp³-hybridized carbons (Fsp3) is 0.389. The topological polar surface area (TPSA) is 95.0 Å². The average Bonchev–Trinajstić information content (AvgIpc) is 2.96. The van der Waals surface area contributed by atoms with E-state index in [0.29, 0.717) is 30.5 Å². The summed E-state index contributed by atoms with van der Waals surface area (Å²) >= 11 is 0. The molecule has 1 aromatic heterocycles. The van der Waals surface area contributed by atoms with E-state index in [1.165, 1.54) is 4.68 Å². The molecule has 0 fully saturated rings. The van der Waals surface area contributed by atoms with E-state index >= 15 is 0 Å². The molecule has 2 N–H and O–H groups in total. The van der Waals surface area contributed by atoms with Crippen molar-refractivity contribution in [2.45, 2.75) is 20.8 Å². The maximum absolute atomic E-state index is 12.1. The number of aryl methyl sites for hydroxylation is 1. The molecule has 0 saturated carbocycles. The summed E-state index contributed by atoms with van der Waals surface area (Å²) in [5.41, 5.74) is 7.35. The number of aromatic nitrogens is 2. The molecular weight excluding hydrogens is 334 g/mol. The Morgan fingerprint density at radius 1 is 1.35 bits per heavy atom. The highest BCUT2D eigenvalue weighted by molar-refractivity contribution is 5.81. The highest BCUT2D eigenvalue weighted by Crippen LogP contribution is 2.27. The van der Waals surface area contributed by atoms with Crippen LogP contribution in [0.1, 0.15) is 25.1 Å². The van der Waals surface area contributed by atoms with Crippen LogP contribution in [0.2, 0.25) is 0 Å². The van der Waals surface area contributed by atoms with Crippen molar-refractivity contribution in [2.24, 2.45) is 5.10 Å². The normalized spacial score (nSPS) is 10.9. The van der Waals surface area contributed by atoms with Crippen molar-refractivity contribution in [1.29, 1.82) is 0 Å². The molecule has 26 heavy (non-hydrogen) atoms. The maximum Gasteiger partial charge on any atom is 0.260 e. The van der Waals surface area contributed by atoms with Gasteiger partial charge in [-0.05, 0) is 44.5 Å². The number of anilines is 1. The quantitative estimate of drug-likeness (QED) is 0.727. The first-order chi connectivity index (χ1) is 12.5. The number of rotatable bonds is 8. The number of likely N-dealkylation sites (N-methyl/N-ethyl adjacent to an activating group) is 1. The van der Waals surface area contributed by atoms with Gasteiger partial charge in [-0.2, -0.15) is 5.10 Å². The molecule has 0 aliphatic carbocycles. The Kier molecular flexibility index (Phi) is 6.60. The van der Waals surface area contributed by atoms with E-state index in [2.05, 4.69) is 10.1 Å². The van der Waals surface area contributed by atoms with E-state index in [-0.39, 0.29) is 12.5 Å². The zero-order valence-corrected chi connectivity index (χ0v) is 15.6. The molecule has 0 bridgehead atoms. The molecule has 2 rings (SSSR count). The summed E-state index contributed by atoms with van der Waals surface area (Å²) in [6.45, 7) is 6.99. The minimum Gasteiger partial charge on any atom is -0.493 e. The molecule has 8 heteroatoms. The van der Waals surface area contributed by atoms with Gasteiger partial charge in [0.2, 0.25) is 5.95 Å². The third-order valence-corrected chi connectivity index (χ3v) is 3.82. The van der Waals surface area contributed by atoms with Crippen LogP contribution < -0.4 is 15.2 Å². The molecule has 8 nitrogen and oxygen atoms in total. The molecule has 0 unspecified atom stereocenters. The van der Waals surface area contributed by atoms with Crippen molar-refractivity contribution in [3.05, 3.63) is 35.7 Å². The number of imidazole rings is 1. The van der Waals surface area contributed by atoms with Crippen LogP contribution >= 0.6 is 0 Å². The summed E-state index contributed by atoms with van der Waals surface area (Å²) in [4.78, 5) is 17.9. The Labute approximate surface area is 153 Å². The third kappa shape index (κ3) is 4.75. The van der Waals surface area contributed by atoms with Crippen molar-refractivity contribution in [1.82, 2.24) is 14.6 Å². The highest BCUT2D eigenvalue weighted by atomic mass is 16.5. The number of hydrogen-bond acceptors (Lipinski definition) is 6. The summed E-state index contributed by atoms with van der Waals surface area (Å²) in [5.74, 6) is 1.29. The van der Waals surface area contributed by atoms with E-state index in [1.807, 2.05) is 26.8 Å². The molecule has 0 aliphatic heterocycles. The van der Waals surface area contributed by atoms with Crippen LogP contribution in [0.25, 0.3) is 0 Å². The first-order valence-corrected chi connectivity index (χ1v) is 8.42. The van der Waals surface area contributed by atoms with E-state index in [1.54, 1.807) is 36.6 Å². The summed E-state index contributed by atoms with van der Waals surface area (Å²) in [6.07, 6.45) is 3.38. The monoisotopic (exact) mass is 359 g/mol. The number of ether oxygens (including phenoxy) is 2. The number of carbonyl (C=O) groups excluding carboxylic acids is 1. The molecule has 1 amide bonds. The van der Waals surface area contributed by atoms with Crippen LogP contribution in [0.5, 0.6) is 11.5 Å². The Morgan fingerprint density at radius 2 is 2.08 bits per heavy atom. The van der Waals surface area contributed by atoms with Gasteiger partial charge < -0.3 is 20.1 Å². The number of nitrogens with zero attached hydrogens (tertiary/aromatic N) is 4. The number of hydrogen-bond donors (Lipinski definition) is 1. The third-order valence-electron chi connectivity index (χ3n) is 3.82. The van der Waals surface area contributed by atoms with E-state index in [0.717, 1.165) is 11.3 Å². The minimum atomic E-state index is -0.0614. The Bertz CT molecular complexity index is 781. The van der Waals surface area contributed by atoms with E-state index < -0.39 is 0 Å². The molecule has 140 valence electrons. The van der Waals surface area contributed by atoms with Gasteiger partial charge in [0.25, 0.3) is 5.91 Å². The van der Waals surface area contributed by atoms with Gasteiger partial charge in [-0.15, -0.1) is 0 Å². The summed E-state index contributed by atoms with van der Waals surface area (Å²) in [7, 11) is 1.55. The fourth-order valence-corrected chi connectivity index (χ4v) is 2.42. The summed E-state index contributed by atoms with van der Waals surface area (Å²) in [6, 6.07) is 5.35. The number of carbonyl (C=O) groups is 1. The van der Waals surface area contributed by atoms with Gasteiger partial charge in [-0.3, -0.25) is 4.79 Å². The number of nitrogens with two attached hydrogens (primary N) is 1.